The summed E-state index contributed by atoms with van der Waals surface area (Å²) in [6.45, 7) is 0. The van der Waals surface area contributed by atoms with Crippen LogP contribution in [0.15, 0.2) is 0 Å². The summed E-state index contributed by atoms with van der Waals surface area (Å²) in [7, 11) is 1.39. The second kappa shape index (κ2) is 3.74. The van der Waals surface area contributed by atoms with Crippen molar-refractivity contribution in [3.63, 3.8) is 0 Å². The third-order valence-corrected chi connectivity index (χ3v) is 2.31. The largest absolute Gasteiger partial charge is 0.367 e. The average Bonchev–Trinajstić information content (AvgIpc) is 2.37. The van der Waals surface area contributed by atoms with Crippen LogP contribution in [0, 0.1) is 3.95 Å². The van der Waals surface area contributed by atoms with Crippen LogP contribution in [0.1, 0.15) is 11.1 Å². The van der Waals surface area contributed by atoms with Crippen molar-refractivity contribution in [2.75, 3.05) is 7.11 Å². The summed E-state index contributed by atoms with van der Waals surface area (Å²) >= 11 is 5.95. The normalized spacial score (nSPS) is 12.8. The lowest BCUT2D eigenvalue weighted by Gasteiger charge is -2.05. The second-order valence-corrected chi connectivity index (χ2v) is 3.67. The van der Waals surface area contributed by atoms with Crippen molar-refractivity contribution in [1.29, 1.82) is 0 Å². The summed E-state index contributed by atoms with van der Waals surface area (Å²) < 4.78 is 5.31. The number of nitrogens with zero attached hydrogens (tertiary/aromatic N) is 1. The van der Waals surface area contributed by atoms with Gasteiger partial charge in [-0.3, -0.25) is 9.89 Å². The number of nitrogens with two attached hydrogens (primary N) is 1. The number of ether oxygens (including phenoxy) is 1. The smallest absolute Gasteiger partial charge is 0.253 e. The standard InChI is InChI=1S/C5H7N3O2S2/c1-10-2(3(6)9)4-7-8-5(11)12-4/h2H,1H3,(H2,6,9)(H,8,11). The zero-order valence-corrected chi connectivity index (χ0v) is 7.87. The first-order valence-corrected chi connectivity index (χ1v) is 4.25. The van der Waals surface area contributed by atoms with Gasteiger partial charge >= 0.3 is 0 Å². The van der Waals surface area contributed by atoms with Crippen molar-refractivity contribution in [2.45, 2.75) is 6.10 Å². The molecule has 0 radical (unpaired) electrons. The molecule has 0 spiro atoms. The summed E-state index contributed by atoms with van der Waals surface area (Å²) in [5.41, 5.74) is 5.04. The molecule has 0 saturated heterocycles. The first-order valence-electron chi connectivity index (χ1n) is 3.02. The second-order valence-electron chi connectivity index (χ2n) is 1.97. The van der Waals surface area contributed by atoms with Crippen molar-refractivity contribution < 1.29 is 9.53 Å². The number of primary amides is 1. The number of hydrogen-bond acceptors (Lipinski definition) is 5. The lowest BCUT2D eigenvalue weighted by atomic mass is 10.3. The molecule has 1 atom stereocenters. The maximum absolute atomic E-state index is 10.8. The van der Waals surface area contributed by atoms with Crippen LogP contribution in [0.2, 0.25) is 0 Å². The molecule has 12 heavy (non-hydrogen) atoms. The van der Waals surface area contributed by atoms with Gasteiger partial charge in [0.15, 0.2) is 15.1 Å². The van der Waals surface area contributed by atoms with Crippen LogP contribution in [0.25, 0.3) is 0 Å². The van der Waals surface area contributed by atoms with E-state index < -0.39 is 12.0 Å². The topological polar surface area (TPSA) is 81.0 Å². The molecular formula is C5H7N3O2S2. The molecule has 3 N–H and O–H groups in total. The third-order valence-electron chi connectivity index (χ3n) is 1.17. The molecule has 5 nitrogen and oxygen atoms in total. The Morgan fingerprint density at radius 1 is 1.92 bits per heavy atom. The molecule has 1 amide bonds. The fourth-order valence-electron chi connectivity index (χ4n) is 0.692. The van der Waals surface area contributed by atoms with Gasteiger partial charge in [-0.15, -0.1) is 0 Å². The van der Waals surface area contributed by atoms with Crippen molar-refractivity contribution in [2.24, 2.45) is 5.73 Å². The van der Waals surface area contributed by atoms with Crippen LogP contribution in [-0.2, 0) is 9.53 Å². The van der Waals surface area contributed by atoms with Crippen molar-refractivity contribution >= 4 is 29.5 Å². The van der Waals surface area contributed by atoms with Crippen molar-refractivity contribution in [3.05, 3.63) is 8.96 Å². The average molecular weight is 205 g/mol. The highest BCUT2D eigenvalue weighted by Gasteiger charge is 2.19. The Morgan fingerprint density at radius 3 is 2.92 bits per heavy atom. The van der Waals surface area contributed by atoms with Crippen LogP contribution in [-0.4, -0.2) is 23.2 Å². The van der Waals surface area contributed by atoms with Gasteiger partial charge in [0.25, 0.3) is 5.91 Å². The fraction of sp³-hybridized carbons (Fsp3) is 0.400. The minimum Gasteiger partial charge on any atom is -0.367 e. The van der Waals surface area contributed by atoms with Crippen LogP contribution in [0.4, 0.5) is 0 Å². The minimum atomic E-state index is -0.803. The molecule has 0 aliphatic rings. The number of methoxy groups -OCH3 is 1. The molecule has 1 heterocycles. The van der Waals surface area contributed by atoms with Gasteiger partial charge in [-0.1, -0.05) is 11.3 Å². The van der Waals surface area contributed by atoms with Gasteiger partial charge < -0.3 is 10.5 Å². The molecule has 1 aromatic heterocycles. The van der Waals surface area contributed by atoms with Gasteiger partial charge in [0.05, 0.1) is 0 Å². The van der Waals surface area contributed by atoms with Crippen LogP contribution in [0.5, 0.6) is 0 Å². The number of hydrogen-bond donors (Lipinski definition) is 2. The molecule has 0 saturated carbocycles. The fourth-order valence-corrected chi connectivity index (χ4v) is 1.69. The number of aromatic nitrogens is 2. The minimum absolute atomic E-state index is 0.454. The summed E-state index contributed by atoms with van der Waals surface area (Å²) in [5, 5.41) is 6.76. The van der Waals surface area contributed by atoms with Crippen molar-refractivity contribution in [3.8, 4) is 0 Å². The van der Waals surface area contributed by atoms with E-state index in [0.29, 0.717) is 8.96 Å². The number of nitrogens with one attached hydrogen (secondary N) is 1. The molecule has 0 bridgehead atoms. The lowest BCUT2D eigenvalue weighted by Crippen LogP contribution is -2.22. The Labute approximate surface area is 77.5 Å². The van der Waals surface area contributed by atoms with E-state index in [-0.39, 0.29) is 0 Å². The molecule has 66 valence electrons. The van der Waals surface area contributed by atoms with E-state index in [2.05, 4.69) is 10.2 Å². The third kappa shape index (κ3) is 1.87. The number of H-pyrrole nitrogens is 1. The van der Waals surface area contributed by atoms with Crippen LogP contribution in [0.3, 0.4) is 0 Å². The van der Waals surface area contributed by atoms with E-state index in [1.165, 1.54) is 18.4 Å². The molecule has 0 fully saturated rings. The van der Waals surface area contributed by atoms with Crippen molar-refractivity contribution in [1.82, 2.24) is 10.2 Å². The summed E-state index contributed by atoms with van der Waals surface area (Å²) in [6, 6.07) is 0. The molecule has 0 aliphatic carbocycles. The van der Waals surface area contributed by atoms with Gasteiger partial charge in [-0.25, -0.2) is 0 Å². The predicted molar refractivity (Wildman–Crippen MR) is 46.2 cm³/mol. The molecular weight excluding hydrogens is 198 g/mol. The molecule has 0 aromatic carbocycles. The quantitative estimate of drug-likeness (QED) is 0.699. The maximum Gasteiger partial charge on any atom is 0.253 e. The highest BCUT2D eigenvalue weighted by Crippen LogP contribution is 2.17. The molecule has 1 aromatic rings. The first kappa shape index (κ1) is 9.30. The molecule has 7 heteroatoms. The predicted octanol–water partition coefficient (Wildman–Crippen LogP) is 0.373. The Bertz CT molecular complexity index is 331. The maximum atomic E-state index is 10.8. The SMILES string of the molecule is COC(C(N)=O)c1n[nH]c(=S)s1. The van der Waals surface area contributed by atoms with Gasteiger partial charge in [0, 0.05) is 7.11 Å². The number of amides is 1. The number of rotatable bonds is 3. The zero-order valence-electron chi connectivity index (χ0n) is 6.23. The number of carbonyl (C=O) groups excluding carboxylic acids is 1. The number of carbonyl (C=O) groups is 1. The van der Waals surface area contributed by atoms with Crippen LogP contribution < -0.4 is 5.73 Å². The Balaban J connectivity index is 2.94. The summed E-state index contributed by atoms with van der Waals surface area (Å²) in [4.78, 5) is 10.8. The van der Waals surface area contributed by atoms with E-state index >= 15 is 0 Å². The Morgan fingerprint density at radius 2 is 2.58 bits per heavy atom. The highest BCUT2D eigenvalue weighted by molar-refractivity contribution is 7.73. The van der Waals surface area contributed by atoms with Gasteiger partial charge in [0.2, 0.25) is 0 Å². The van der Waals surface area contributed by atoms with Gasteiger partial charge in [-0.2, -0.15) is 5.10 Å². The lowest BCUT2D eigenvalue weighted by molar-refractivity contribution is -0.128. The van der Waals surface area contributed by atoms with E-state index in [0.717, 1.165) is 0 Å². The Kier molecular flexibility index (Phi) is 2.90. The molecule has 1 rings (SSSR count). The highest BCUT2D eigenvalue weighted by atomic mass is 32.1. The number of aromatic amines is 1. The monoisotopic (exact) mass is 205 g/mol. The van der Waals surface area contributed by atoms with Gasteiger partial charge in [0.1, 0.15) is 0 Å². The molecule has 1 unspecified atom stereocenters. The van der Waals surface area contributed by atoms with Gasteiger partial charge in [-0.05, 0) is 12.2 Å². The Hall–Kier alpha value is -0.790. The van der Waals surface area contributed by atoms with E-state index in [1.807, 2.05) is 0 Å². The van der Waals surface area contributed by atoms with E-state index in [4.69, 9.17) is 22.7 Å². The molecule has 0 aliphatic heterocycles. The van der Waals surface area contributed by atoms with E-state index in [9.17, 15) is 4.79 Å². The summed E-state index contributed by atoms with van der Waals surface area (Å²) in [5.74, 6) is -0.574. The first-order chi connectivity index (χ1) is 5.65. The zero-order chi connectivity index (χ0) is 9.14. The summed E-state index contributed by atoms with van der Waals surface area (Å²) in [6.07, 6.45) is -0.803. The van der Waals surface area contributed by atoms with E-state index in [1.54, 1.807) is 0 Å². The van der Waals surface area contributed by atoms with Crippen LogP contribution >= 0.6 is 23.6 Å².